The van der Waals surface area contributed by atoms with E-state index in [4.69, 9.17) is 10.8 Å². The smallest absolute Gasteiger partial charge is 0.337 e. The zero-order chi connectivity index (χ0) is 11.9. The highest BCUT2D eigenvalue weighted by Crippen LogP contribution is 2.32. The summed E-state index contributed by atoms with van der Waals surface area (Å²) in [5, 5.41) is 9.33. The van der Waals surface area contributed by atoms with E-state index in [0.29, 0.717) is 20.8 Å². The predicted molar refractivity (Wildman–Crippen MR) is 61.0 cm³/mol. The van der Waals surface area contributed by atoms with Gasteiger partial charge in [-0.05, 0) is 6.07 Å². The minimum absolute atomic E-state index is 0.0621. The predicted octanol–water partition coefficient (Wildman–Crippen LogP) is 1.78. The first-order valence-corrected chi connectivity index (χ1v) is 5.24. The third-order valence-electron chi connectivity index (χ3n) is 2.15. The van der Waals surface area contributed by atoms with E-state index >= 15 is 0 Å². The first kappa shape index (κ1) is 10.6. The second-order valence-electron chi connectivity index (χ2n) is 3.28. The molecule has 0 spiro atoms. The molecule has 82 valence electrons. The number of carboxylic acid groups (broad SMARTS) is 1. The van der Waals surface area contributed by atoms with Gasteiger partial charge in [-0.15, -0.1) is 11.3 Å². The summed E-state index contributed by atoms with van der Waals surface area (Å²) in [4.78, 5) is 27.0. The van der Waals surface area contributed by atoms with Crippen LogP contribution in [0.2, 0.25) is 0 Å². The van der Waals surface area contributed by atoms with Crippen molar-refractivity contribution in [2.24, 2.45) is 0 Å². The highest BCUT2D eigenvalue weighted by molar-refractivity contribution is 7.21. The molecule has 2 aromatic rings. The van der Waals surface area contributed by atoms with Gasteiger partial charge in [0.05, 0.1) is 16.1 Å². The number of aromatic carboxylic acids is 1. The molecule has 6 heteroatoms. The van der Waals surface area contributed by atoms with E-state index in [1.807, 2.05) is 0 Å². The van der Waals surface area contributed by atoms with Crippen molar-refractivity contribution >= 4 is 39.0 Å². The Morgan fingerprint density at radius 3 is 2.75 bits per heavy atom. The van der Waals surface area contributed by atoms with Crippen molar-refractivity contribution < 1.29 is 14.7 Å². The zero-order valence-electron chi connectivity index (χ0n) is 8.35. The van der Waals surface area contributed by atoms with E-state index in [1.165, 1.54) is 30.5 Å². The van der Waals surface area contributed by atoms with Gasteiger partial charge in [-0.3, -0.25) is 4.79 Å². The molecule has 0 radical (unpaired) electrons. The Kier molecular flexibility index (Phi) is 2.35. The Balaban J connectivity index is 2.73. The molecule has 0 atom stereocenters. The van der Waals surface area contributed by atoms with Crippen molar-refractivity contribution in [1.29, 1.82) is 0 Å². The number of Topliss-reactive ketones (excluding diaryl/α,β-unsaturated/α-hetero) is 1. The number of pyridine rings is 1. The summed E-state index contributed by atoms with van der Waals surface area (Å²) in [6, 6.07) is 1.43. The van der Waals surface area contributed by atoms with E-state index in [9.17, 15) is 9.59 Å². The highest BCUT2D eigenvalue weighted by atomic mass is 32.1. The second kappa shape index (κ2) is 3.57. The maximum absolute atomic E-state index is 11.2. The molecule has 0 unspecified atom stereocenters. The maximum Gasteiger partial charge on any atom is 0.337 e. The Bertz CT molecular complexity index is 603. The van der Waals surface area contributed by atoms with Crippen LogP contribution in [-0.4, -0.2) is 21.8 Å². The Hall–Kier alpha value is -1.95. The molecule has 0 bridgehead atoms. The number of nitrogens with two attached hydrogens (primary N) is 1. The summed E-state index contributed by atoms with van der Waals surface area (Å²) in [7, 11) is 0. The van der Waals surface area contributed by atoms with E-state index < -0.39 is 5.97 Å². The number of fused-ring (bicyclic) bond motifs is 1. The van der Waals surface area contributed by atoms with Gasteiger partial charge >= 0.3 is 5.97 Å². The largest absolute Gasteiger partial charge is 0.478 e. The van der Waals surface area contributed by atoms with Crippen LogP contribution in [0.3, 0.4) is 0 Å². The molecule has 0 aliphatic carbocycles. The molecule has 16 heavy (non-hydrogen) atoms. The normalized spacial score (nSPS) is 10.6. The van der Waals surface area contributed by atoms with Crippen molar-refractivity contribution in [3.63, 3.8) is 0 Å². The number of aromatic nitrogens is 1. The molecule has 2 rings (SSSR count). The monoisotopic (exact) mass is 236 g/mol. The lowest BCUT2D eigenvalue weighted by Crippen LogP contribution is -1.97. The third-order valence-corrected chi connectivity index (χ3v) is 3.38. The van der Waals surface area contributed by atoms with Crippen LogP contribution in [0.4, 0.5) is 5.69 Å². The van der Waals surface area contributed by atoms with Gasteiger partial charge in [0, 0.05) is 18.5 Å². The number of carbonyl (C=O) groups excluding carboxylic acids is 1. The molecule has 0 aromatic carbocycles. The number of anilines is 1. The number of carbonyl (C=O) groups is 2. The lowest BCUT2D eigenvalue weighted by Gasteiger charge is -1.95. The lowest BCUT2D eigenvalue weighted by molar-refractivity contribution is 0.0696. The molecule has 2 heterocycles. The molecule has 0 saturated heterocycles. The highest BCUT2D eigenvalue weighted by Gasteiger charge is 2.15. The van der Waals surface area contributed by atoms with Crippen LogP contribution in [0, 0.1) is 0 Å². The summed E-state index contributed by atoms with van der Waals surface area (Å²) in [6.07, 6.45) is 1.25. The van der Waals surface area contributed by atoms with Gasteiger partial charge in [-0.25, -0.2) is 9.78 Å². The van der Waals surface area contributed by atoms with Crippen LogP contribution in [0.15, 0.2) is 12.3 Å². The molecule has 2 aromatic heterocycles. The van der Waals surface area contributed by atoms with Gasteiger partial charge in [-0.1, -0.05) is 0 Å². The topological polar surface area (TPSA) is 93.3 Å². The van der Waals surface area contributed by atoms with Gasteiger partial charge in [-0.2, -0.15) is 0 Å². The average Bonchev–Trinajstić information content (AvgIpc) is 2.56. The summed E-state index contributed by atoms with van der Waals surface area (Å²) in [6.45, 7) is 1.42. The van der Waals surface area contributed by atoms with Crippen molar-refractivity contribution in [2.45, 2.75) is 6.92 Å². The summed E-state index contributed by atoms with van der Waals surface area (Å²) in [5.74, 6) is -1.21. The quantitative estimate of drug-likeness (QED) is 0.775. The maximum atomic E-state index is 11.2. The molecule has 0 aliphatic rings. The Morgan fingerprint density at radius 2 is 2.19 bits per heavy atom. The third kappa shape index (κ3) is 1.53. The first-order chi connectivity index (χ1) is 7.50. The minimum atomic E-state index is -1.07. The van der Waals surface area contributed by atoms with E-state index in [1.54, 1.807) is 0 Å². The van der Waals surface area contributed by atoms with Crippen LogP contribution in [-0.2, 0) is 0 Å². The lowest BCUT2D eigenvalue weighted by atomic mass is 10.2. The molecule has 0 amide bonds. The SMILES string of the molecule is CC(=O)c1sc2ncc(C(=O)O)cc2c1N. The van der Waals surface area contributed by atoms with Gasteiger partial charge in [0.25, 0.3) is 0 Å². The molecular formula is C10H8N2O3S. The summed E-state index contributed by atoms with van der Waals surface area (Å²) < 4.78 is 0. The number of ketones is 1. The summed E-state index contributed by atoms with van der Waals surface area (Å²) >= 11 is 1.17. The van der Waals surface area contributed by atoms with Crippen LogP contribution >= 0.6 is 11.3 Å². The van der Waals surface area contributed by atoms with E-state index in [-0.39, 0.29) is 11.3 Å². The molecule has 0 aliphatic heterocycles. The average molecular weight is 236 g/mol. The summed E-state index contributed by atoms with van der Waals surface area (Å²) in [5.41, 5.74) is 6.14. The van der Waals surface area contributed by atoms with Crippen molar-refractivity contribution in [3.05, 3.63) is 22.7 Å². The van der Waals surface area contributed by atoms with Gasteiger partial charge < -0.3 is 10.8 Å². The fourth-order valence-corrected chi connectivity index (χ4v) is 2.32. The zero-order valence-corrected chi connectivity index (χ0v) is 9.17. The van der Waals surface area contributed by atoms with Crippen molar-refractivity contribution in [3.8, 4) is 0 Å². The molecular weight excluding hydrogens is 228 g/mol. The van der Waals surface area contributed by atoms with Crippen LogP contribution in [0.25, 0.3) is 10.2 Å². The van der Waals surface area contributed by atoms with Gasteiger partial charge in [0.15, 0.2) is 5.78 Å². The minimum Gasteiger partial charge on any atom is -0.478 e. The van der Waals surface area contributed by atoms with Crippen LogP contribution in [0.1, 0.15) is 27.0 Å². The molecule has 3 N–H and O–H groups in total. The van der Waals surface area contributed by atoms with E-state index in [0.717, 1.165) is 0 Å². The van der Waals surface area contributed by atoms with Crippen molar-refractivity contribution in [2.75, 3.05) is 5.73 Å². The Labute approximate surface area is 94.5 Å². The number of nitrogens with zero attached hydrogens (tertiary/aromatic N) is 1. The molecule has 5 nitrogen and oxygen atoms in total. The van der Waals surface area contributed by atoms with Crippen LogP contribution in [0.5, 0.6) is 0 Å². The second-order valence-corrected chi connectivity index (χ2v) is 4.28. The molecule has 0 saturated carbocycles. The number of nitrogen functional groups attached to an aromatic ring is 1. The first-order valence-electron chi connectivity index (χ1n) is 4.43. The number of hydrogen-bond acceptors (Lipinski definition) is 5. The number of rotatable bonds is 2. The Morgan fingerprint density at radius 1 is 1.50 bits per heavy atom. The van der Waals surface area contributed by atoms with Gasteiger partial charge in [0.1, 0.15) is 4.83 Å². The van der Waals surface area contributed by atoms with Gasteiger partial charge in [0.2, 0.25) is 0 Å². The number of carboxylic acids is 1. The fourth-order valence-electron chi connectivity index (χ4n) is 1.38. The van der Waals surface area contributed by atoms with E-state index in [2.05, 4.69) is 4.98 Å². The molecule has 0 fully saturated rings. The number of hydrogen-bond donors (Lipinski definition) is 2. The number of thiophene rings is 1. The van der Waals surface area contributed by atoms with Crippen LogP contribution < -0.4 is 5.73 Å². The standard InChI is InChI=1S/C10H8N2O3S/c1-4(13)8-7(11)6-2-5(10(14)15)3-12-9(6)16-8/h2-3H,11H2,1H3,(H,14,15). The fraction of sp³-hybridized carbons (Fsp3) is 0.100. The van der Waals surface area contributed by atoms with Crippen molar-refractivity contribution in [1.82, 2.24) is 4.98 Å².